The van der Waals surface area contributed by atoms with Crippen LogP contribution in [0.1, 0.15) is 41.0 Å². The molecule has 20 heavy (non-hydrogen) atoms. The molecule has 0 aliphatic carbocycles. The number of nitrogens with zero attached hydrogens (tertiary/aromatic N) is 2. The van der Waals surface area contributed by atoms with Crippen LogP contribution in [0.3, 0.4) is 0 Å². The van der Waals surface area contributed by atoms with Gasteiger partial charge in [-0.3, -0.25) is 4.79 Å². The SMILES string of the molecule is CCN(CC)CCN(CCC(=O)O)C(=O)OC(C)(C)C. The van der Waals surface area contributed by atoms with E-state index in [0.29, 0.717) is 13.1 Å². The number of hydrogen-bond donors (Lipinski definition) is 1. The third-order valence-corrected chi connectivity index (χ3v) is 2.83. The van der Waals surface area contributed by atoms with Crippen molar-refractivity contribution in [2.75, 3.05) is 32.7 Å². The second-order valence-electron chi connectivity index (χ2n) is 5.64. The van der Waals surface area contributed by atoms with E-state index in [-0.39, 0.29) is 13.0 Å². The van der Waals surface area contributed by atoms with E-state index < -0.39 is 17.7 Å². The molecule has 1 amide bonds. The lowest BCUT2D eigenvalue weighted by atomic mass is 10.2. The Balaban J connectivity index is 4.54. The number of carbonyl (C=O) groups is 2. The highest BCUT2D eigenvalue weighted by Crippen LogP contribution is 2.10. The van der Waals surface area contributed by atoms with Crippen molar-refractivity contribution in [3.05, 3.63) is 0 Å². The van der Waals surface area contributed by atoms with Crippen LogP contribution in [0.4, 0.5) is 4.79 Å². The van der Waals surface area contributed by atoms with Gasteiger partial charge in [-0.2, -0.15) is 0 Å². The van der Waals surface area contributed by atoms with Crippen LogP contribution >= 0.6 is 0 Å². The minimum atomic E-state index is -0.915. The van der Waals surface area contributed by atoms with E-state index in [0.717, 1.165) is 13.1 Å². The third kappa shape index (κ3) is 8.74. The summed E-state index contributed by atoms with van der Waals surface area (Å²) >= 11 is 0. The lowest BCUT2D eigenvalue weighted by Crippen LogP contribution is -2.42. The van der Waals surface area contributed by atoms with E-state index in [2.05, 4.69) is 18.7 Å². The number of carbonyl (C=O) groups excluding carboxylic acids is 1. The molecule has 118 valence electrons. The maximum Gasteiger partial charge on any atom is 0.410 e. The van der Waals surface area contributed by atoms with Gasteiger partial charge in [0, 0.05) is 19.6 Å². The second-order valence-corrected chi connectivity index (χ2v) is 5.64. The first kappa shape index (κ1) is 18.7. The number of rotatable bonds is 8. The average molecular weight is 288 g/mol. The van der Waals surface area contributed by atoms with E-state index >= 15 is 0 Å². The summed E-state index contributed by atoms with van der Waals surface area (Å²) in [6.07, 6.45) is -0.525. The van der Waals surface area contributed by atoms with Gasteiger partial charge in [-0.05, 0) is 33.9 Å². The zero-order valence-electron chi connectivity index (χ0n) is 13.3. The highest BCUT2D eigenvalue weighted by Gasteiger charge is 2.22. The van der Waals surface area contributed by atoms with Crippen LogP contribution in [0, 0.1) is 0 Å². The summed E-state index contributed by atoms with van der Waals surface area (Å²) in [5.41, 5.74) is -0.576. The highest BCUT2D eigenvalue weighted by atomic mass is 16.6. The average Bonchev–Trinajstić information content (AvgIpc) is 2.31. The minimum absolute atomic E-state index is 0.0719. The molecule has 0 saturated carbocycles. The van der Waals surface area contributed by atoms with E-state index in [9.17, 15) is 9.59 Å². The molecule has 6 nitrogen and oxygen atoms in total. The van der Waals surface area contributed by atoms with Gasteiger partial charge in [-0.15, -0.1) is 0 Å². The molecular formula is C14H28N2O4. The number of ether oxygens (including phenoxy) is 1. The van der Waals surface area contributed by atoms with E-state index in [1.54, 1.807) is 20.8 Å². The number of hydrogen-bond acceptors (Lipinski definition) is 4. The zero-order valence-corrected chi connectivity index (χ0v) is 13.3. The fourth-order valence-electron chi connectivity index (χ4n) is 1.65. The maximum atomic E-state index is 12.1. The van der Waals surface area contributed by atoms with Gasteiger partial charge in [0.1, 0.15) is 5.60 Å². The zero-order chi connectivity index (χ0) is 15.8. The Morgan fingerprint density at radius 1 is 1.05 bits per heavy atom. The summed E-state index contributed by atoms with van der Waals surface area (Å²) in [7, 11) is 0. The topological polar surface area (TPSA) is 70.1 Å². The summed E-state index contributed by atoms with van der Waals surface area (Å²) in [4.78, 5) is 26.4. The van der Waals surface area contributed by atoms with Gasteiger partial charge >= 0.3 is 12.1 Å². The molecule has 6 heteroatoms. The molecule has 0 aromatic carbocycles. The molecule has 0 unspecified atom stereocenters. The molecule has 1 N–H and O–H groups in total. The monoisotopic (exact) mass is 288 g/mol. The molecule has 0 atom stereocenters. The van der Waals surface area contributed by atoms with Gasteiger partial charge in [0.2, 0.25) is 0 Å². The van der Waals surface area contributed by atoms with E-state index in [1.807, 2.05) is 0 Å². The first-order chi connectivity index (χ1) is 9.19. The lowest BCUT2D eigenvalue weighted by Gasteiger charge is -2.29. The van der Waals surface area contributed by atoms with Gasteiger partial charge in [-0.25, -0.2) is 4.79 Å². The molecular weight excluding hydrogens is 260 g/mol. The van der Waals surface area contributed by atoms with Crippen molar-refractivity contribution >= 4 is 12.1 Å². The van der Waals surface area contributed by atoms with Crippen molar-refractivity contribution in [1.82, 2.24) is 9.80 Å². The molecule has 0 fully saturated rings. The molecule has 0 spiro atoms. The van der Waals surface area contributed by atoms with Gasteiger partial charge in [0.25, 0.3) is 0 Å². The van der Waals surface area contributed by atoms with Crippen molar-refractivity contribution in [3.63, 3.8) is 0 Å². The Morgan fingerprint density at radius 2 is 1.60 bits per heavy atom. The Hall–Kier alpha value is -1.30. The predicted octanol–water partition coefficient (Wildman–Crippen LogP) is 2.04. The van der Waals surface area contributed by atoms with Crippen LogP contribution < -0.4 is 0 Å². The van der Waals surface area contributed by atoms with Crippen LogP contribution in [-0.4, -0.2) is 65.3 Å². The molecule has 0 aliphatic heterocycles. The third-order valence-electron chi connectivity index (χ3n) is 2.83. The van der Waals surface area contributed by atoms with Gasteiger partial charge < -0.3 is 19.6 Å². The smallest absolute Gasteiger partial charge is 0.410 e. The molecule has 0 radical (unpaired) electrons. The Morgan fingerprint density at radius 3 is 2.00 bits per heavy atom. The first-order valence-corrected chi connectivity index (χ1v) is 7.11. The quantitative estimate of drug-likeness (QED) is 0.740. The van der Waals surface area contributed by atoms with Crippen molar-refractivity contribution in [3.8, 4) is 0 Å². The number of carboxylic acids is 1. The summed E-state index contributed by atoms with van der Waals surface area (Å²) in [6, 6.07) is 0. The molecule has 0 heterocycles. The first-order valence-electron chi connectivity index (χ1n) is 7.11. The Labute approximate surface area is 121 Å². The number of carboxylic acid groups (broad SMARTS) is 1. The van der Waals surface area contributed by atoms with Crippen LogP contribution in [0.15, 0.2) is 0 Å². The fraction of sp³-hybridized carbons (Fsp3) is 0.857. The number of aliphatic carboxylic acids is 1. The van der Waals surface area contributed by atoms with E-state index in [1.165, 1.54) is 4.90 Å². The fourth-order valence-corrected chi connectivity index (χ4v) is 1.65. The van der Waals surface area contributed by atoms with Crippen LogP contribution in [0.5, 0.6) is 0 Å². The minimum Gasteiger partial charge on any atom is -0.481 e. The molecule has 0 rings (SSSR count). The Kier molecular flexibility index (Phi) is 8.22. The Bertz CT molecular complexity index is 309. The molecule has 0 aromatic heterocycles. The summed E-state index contributed by atoms with van der Waals surface area (Å²) in [5, 5.41) is 8.76. The molecule has 0 bridgehead atoms. The van der Waals surface area contributed by atoms with Crippen LogP contribution in [0.2, 0.25) is 0 Å². The largest absolute Gasteiger partial charge is 0.481 e. The molecule has 0 aromatic rings. The summed E-state index contributed by atoms with van der Waals surface area (Å²) in [6.45, 7) is 12.7. The lowest BCUT2D eigenvalue weighted by molar-refractivity contribution is -0.137. The standard InChI is InChI=1S/C14H28N2O4/c1-6-15(7-2)10-11-16(9-8-12(17)18)13(19)20-14(3,4)5/h6-11H2,1-5H3,(H,17,18). The number of likely N-dealkylation sites (N-methyl/N-ethyl adjacent to an activating group) is 1. The normalized spacial score (nSPS) is 11.5. The highest BCUT2D eigenvalue weighted by molar-refractivity contribution is 5.70. The van der Waals surface area contributed by atoms with Crippen molar-refractivity contribution in [2.24, 2.45) is 0 Å². The maximum absolute atomic E-state index is 12.1. The van der Waals surface area contributed by atoms with Crippen molar-refractivity contribution in [1.29, 1.82) is 0 Å². The predicted molar refractivity (Wildman–Crippen MR) is 77.8 cm³/mol. The van der Waals surface area contributed by atoms with Crippen molar-refractivity contribution < 1.29 is 19.4 Å². The van der Waals surface area contributed by atoms with Crippen molar-refractivity contribution in [2.45, 2.75) is 46.6 Å². The van der Waals surface area contributed by atoms with Crippen LogP contribution in [-0.2, 0) is 9.53 Å². The molecule has 0 saturated heterocycles. The van der Waals surface area contributed by atoms with Gasteiger partial charge in [-0.1, -0.05) is 13.8 Å². The second kappa shape index (κ2) is 8.79. The summed E-state index contributed by atoms with van der Waals surface area (Å²) < 4.78 is 5.31. The van der Waals surface area contributed by atoms with Crippen LogP contribution in [0.25, 0.3) is 0 Å². The van der Waals surface area contributed by atoms with E-state index in [4.69, 9.17) is 9.84 Å². The summed E-state index contributed by atoms with van der Waals surface area (Å²) in [5.74, 6) is -0.915. The van der Waals surface area contributed by atoms with Gasteiger partial charge in [0.15, 0.2) is 0 Å². The molecule has 0 aliphatic rings. The van der Waals surface area contributed by atoms with Gasteiger partial charge in [0.05, 0.1) is 6.42 Å². The number of amides is 1.